The lowest BCUT2D eigenvalue weighted by atomic mass is 10.2. The Morgan fingerprint density at radius 3 is 2.52 bits per heavy atom. The molecule has 0 radical (unpaired) electrons. The number of nitrogens with zero attached hydrogens (tertiary/aromatic N) is 1. The fourth-order valence-electron chi connectivity index (χ4n) is 1.40. The van der Waals surface area contributed by atoms with Gasteiger partial charge in [-0.05, 0) is 18.2 Å². The normalized spacial score (nSPS) is 13.5. The molecule has 0 heterocycles. The van der Waals surface area contributed by atoms with Crippen molar-refractivity contribution >= 4 is 15.9 Å². The van der Waals surface area contributed by atoms with Gasteiger partial charge in [0.05, 0.1) is 4.90 Å². The van der Waals surface area contributed by atoms with E-state index in [1.54, 1.807) is 0 Å². The van der Waals surface area contributed by atoms with Crippen molar-refractivity contribution in [3.63, 3.8) is 0 Å². The van der Waals surface area contributed by atoms with Crippen molar-refractivity contribution in [3.8, 4) is 0 Å². The van der Waals surface area contributed by atoms with Crippen LogP contribution < -0.4 is 5.32 Å². The third-order valence-electron chi connectivity index (χ3n) is 2.64. The van der Waals surface area contributed by atoms with E-state index in [0.717, 1.165) is 10.4 Å². The summed E-state index contributed by atoms with van der Waals surface area (Å²) in [5.41, 5.74) is -0.000564. The van der Waals surface area contributed by atoms with Crippen LogP contribution in [0.1, 0.15) is 10.4 Å². The molecule has 1 atom stereocenters. The van der Waals surface area contributed by atoms with E-state index >= 15 is 0 Å². The monoisotopic (exact) mass is 322 g/mol. The highest BCUT2D eigenvalue weighted by atomic mass is 32.2. The standard InChI is InChI=1S/C12H16F2N2O4S/c1-16(2)21(19,20)9-5-3-4-8(6-9)12(18)15-7-10(17)11(13)14/h3-6,10-11,17H,7H2,1-2H3,(H,15,18). The van der Waals surface area contributed by atoms with Crippen LogP contribution in [0.2, 0.25) is 0 Å². The van der Waals surface area contributed by atoms with E-state index in [9.17, 15) is 22.0 Å². The number of rotatable bonds is 6. The first-order valence-electron chi connectivity index (χ1n) is 5.93. The maximum absolute atomic E-state index is 12.1. The van der Waals surface area contributed by atoms with Gasteiger partial charge in [-0.3, -0.25) is 4.79 Å². The topological polar surface area (TPSA) is 86.7 Å². The van der Waals surface area contributed by atoms with Gasteiger partial charge in [0, 0.05) is 26.2 Å². The molecule has 21 heavy (non-hydrogen) atoms. The van der Waals surface area contributed by atoms with Gasteiger partial charge in [0.15, 0.2) is 0 Å². The zero-order valence-corrected chi connectivity index (χ0v) is 12.3. The second-order valence-corrected chi connectivity index (χ2v) is 6.58. The molecule has 0 saturated carbocycles. The Morgan fingerprint density at radius 2 is 2.00 bits per heavy atom. The fraction of sp³-hybridized carbons (Fsp3) is 0.417. The van der Waals surface area contributed by atoms with Crippen LogP contribution in [0.25, 0.3) is 0 Å². The molecule has 1 aromatic rings. The van der Waals surface area contributed by atoms with Crippen LogP contribution in [0.5, 0.6) is 0 Å². The number of carbonyl (C=O) groups is 1. The average Bonchev–Trinajstić information content (AvgIpc) is 2.44. The molecule has 9 heteroatoms. The molecule has 1 unspecified atom stereocenters. The first kappa shape index (κ1) is 17.5. The van der Waals surface area contributed by atoms with E-state index in [4.69, 9.17) is 5.11 Å². The highest BCUT2D eigenvalue weighted by Crippen LogP contribution is 2.14. The number of amides is 1. The smallest absolute Gasteiger partial charge is 0.265 e. The van der Waals surface area contributed by atoms with Gasteiger partial charge in [-0.1, -0.05) is 6.07 Å². The van der Waals surface area contributed by atoms with Gasteiger partial charge in [-0.25, -0.2) is 21.5 Å². The van der Waals surface area contributed by atoms with E-state index < -0.39 is 35.0 Å². The van der Waals surface area contributed by atoms with Crippen LogP contribution in [0, 0.1) is 0 Å². The number of alkyl halides is 2. The molecule has 0 aromatic heterocycles. The maximum atomic E-state index is 12.1. The number of hydrogen-bond donors (Lipinski definition) is 2. The molecule has 118 valence electrons. The number of halogens is 2. The Labute approximate surface area is 121 Å². The van der Waals surface area contributed by atoms with Gasteiger partial charge in [-0.2, -0.15) is 0 Å². The predicted molar refractivity (Wildman–Crippen MR) is 71.7 cm³/mol. The molecule has 6 nitrogen and oxygen atoms in total. The second-order valence-electron chi connectivity index (χ2n) is 4.43. The van der Waals surface area contributed by atoms with E-state index in [1.807, 2.05) is 0 Å². The lowest BCUT2D eigenvalue weighted by molar-refractivity contribution is -0.00270. The molecule has 0 aliphatic carbocycles. The van der Waals surface area contributed by atoms with Crippen LogP contribution in [0.15, 0.2) is 29.2 Å². The van der Waals surface area contributed by atoms with Crippen molar-refractivity contribution in [2.45, 2.75) is 17.4 Å². The van der Waals surface area contributed by atoms with Crippen molar-refractivity contribution in [3.05, 3.63) is 29.8 Å². The van der Waals surface area contributed by atoms with Crippen LogP contribution in [0.4, 0.5) is 8.78 Å². The van der Waals surface area contributed by atoms with Crippen LogP contribution in [-0.2, 0) is 10.0 Å². The second kappa shape index (κ2) is 6.92. The Hall–Kier alpha value is -1.58. The van der Waals surface area contributed by atoms with E-state index in [0.29, 0.717) is 0 Å². The number of aliphatic hydroxyl groups excluding tert-OH is 1. The van der Waals surface area contributed by atoms with E-state index in [2.05, 4.69) is 5.32 Å². The first-order valence-corrected chi connectivity index (χ1v) is 7.37. The SMILES string of the molecule is CN(C)S(=O)(=O)c1cccc(C(=O)NCC(O)C(F)F)c1. The Morgan fingerprint density at radius 1 is 1.38 bits per heavy atom. The van der Waals surface area contributed by atoms with Crippen LogP contribution >= 0.6 is 0 Å². The summed E-state index contributed by atoms with van der Waals surface area (Å²) in [6.45, 7) is -0.624. The largest absolute Gasteiger partial charge is 0.385 e. The molecule has 0 spiro atoms. The molecule has 1 rings (SSSR count). The summed E-state index contributed by atoms with van der Waals surface area (Å²) in [5.74, 6) is -0.745. The summed E-state index contributed by atoms with van der Waals surface area (Å²) in [7, 11) is -0.997. The van der Waals surface area contributed by atoms with Crippen LogP contribution in [-0.4, -0.2) is 56.9 Å². The number of sulfonamides is 1. The molecule has 2 N–H and O–H groups in total. The summed E-state index contributed by atoms with van der Waals surface area (Å²) in [5, 5.41) is 11.0. The number of carbonyl (C=O) groups excluding carboxylic acids is 1. The molecule has 0 aliphatic heterocycles. The lowest BCUT2D eigenvalue weighted by Gasteiger charge is -2.13. The molecule has 0 saturated heterocycles. The summed E-state index contributed by atoms with van der Waals surface area (Å²) < 4.78 is 49.0. The maximum Gasteiger partial charge on any atom is 0.265 e. The number of nitrogens with one attached hydrogen (secondary N) is 1. The number of hydrogen-bond acceptors (Lipinski definition) is 4. The number of aliphatic hydroxyl groups is 1. The minimum atomic E-state index is -3.69. The Balaban J connectivity index is 2.88. The summed E-state index contributed by atoms with van der Waals surface area (Å²) in [6, 6.07) is 5.17. The first-order chi connectivity index (χ1) is 9.66. The summed E-state index contributed by atoms with van der Waals surface area (Å²) in [6.07, 6.45) is -4.94. The zero-order valence-electron chi connectivity index (χ0n) is 11.5. The predicted octanol–water partition coefficient (Wildman–Crippen LogP) is 0.293. The van der Waals surface area contributed by atoms with E-state index in [1.165, 1.54) is 32.3 Å². The van der Waals surface area contributed by atoms with Crippen molar-refractivity contribution in [2.75, 3.05) is 20.6 Å². The highest BCUT2D eigenvalue weighted by Gasteiger charge is 2.20. The lowest BCUT2D eigenvalue weighted by Crippen LogP contribution is -2.35. The van der Waals surface area contributed by atoms with Gasteiger partial charge in [0.2, 0.25) is 10.0 Å². The minimum absolute atomic E-state index is 0.000564. The van der Waals surface area contributed by atoms with Crippen molar-refractivity contribution in [1.29, 1.82) is 0 Å². The molecule has 0 bridgehead atoms. The quantitative estimate of drug-likeness (QED) is 0.788. The fourth-order valence-corrected chi connectivity index (χ4v) is 2.35. The molecule has 0 fully saturated rings. The Bertz CT molecular complexity index is 605. The average molecular weight is 322 g/mol. The third kappa shape index (κ3) is 4.45. The molecule has 0 aliphatic rings. The molecule has 1 aromatic carbocycles. The molecular weight excluding hydrogens is 306 g/mol. The summed E-state index contributed by atoms with van der Waals surface area (Å²) in [4.78, 5) is 11.7. The Kier molecular flexibility index (Phi) is 5.76. The van der Waals surface area contributed by atoms with Gasteiger partial charge >= 0.3 is 0 Å². The molecule has 1 amide bonds. The van der Waals surface area contributed by atoms with Crippen LogP contribution in [0.3, 0.4) is 0 Å². The molecular formula is C12H16F2N2O4S. The van der Waals surface area contributed by atoms with Gasteiger partial charge in [0.1, 0.15) is 6.10 Å². The zero-order chi connectivity index (χ0) is 16.2. The number of benzene rings is 1. The van der Waals surface area contributed by atoms with Gasteiger partial charge in [-0.15, -0.1) is 0 Å². The van der Waals surface area contributed by atoms with Crippen molar-refractivity contribution in [1.82, 2.24) is 9.62 Å². The van der Waals surface area contributed by atoms with Gasteiger partial charge < -0.3 is 10.4 Å². The minimum Gasteiger partial charge on any atom is -0.385 e. The summed E-state index contributed by atoms with van der Waals surface area (Å²) >= 11 is 0. The highest BCUT2D eigenvalue weighted by molar-refractivity contribution is 7.89. The third-order valence-corrected chi connectivity index (χ3v) is 4.45. The van der Waals surface area contributed by atoms with Gasteiger partial charge in [0.25, 0.3) is 12.3 Å². The van der Waals surface area contributed by atoms with Crippen molar-refractivity contribution in [2.24, 2.45) is 0 Å². The van der Waals surface area contributed by atoms with E-state index in [-0.39, 0.29) is 10.5 Å². The van der Waals surface area contributed by atoms with Crippen molar-refractivity contribution < 1.29 is 27.1 Å².